The number of quaternary nitrogens is 1. The van der Waals surface area contributed by atoms with E-state index in [2.05, 4.69) is 5.32 Å². The van der Waals surface area contributed by atoms with Gasteiger partial charge in [-0.1, -0.05) is 42.5 Å². The summed E-state index contributed by atoms with van der Waals surface area (Å²) in [6.07, 6.45) is 1.59. The lowest BCUT2D eigenvalue weighted by atomic mass is 10.0. The summed E-state index contributed by atoms with van der Waals surface area (Å²) in [5.41, 5.74) is 1.04. The summed E-state index contributed by atoms with van der Waals surface area (Å²) >= 11 is 0. The van der Waals surface area contributed by atoms with E-state index in [4.69, 9.17) is 4.42 Å². The van der Waals surface area contributed by atoms with Gasteiger partial charge < -0.3 is 15.1 Å². The van der Waals surface area contributed by atoms with E-state index in [1.165, 1.54) is 12.1 Å². The van der Waals surface area contributed by atoms with E-state index in [1.807, 2.05) is 41.7 Å². The molecular formula is C20H20N3O4+. The van der Waals surface area contributed by atoms with Crippen molar-refractivity contribution < 1.29 is 19.5 Å². The highest BCUT2D eigenvalue weighted by molar-refractivity contribution is 5.95. The van der Waals surface area contributed by atoms with Crippen LogP contribution in [0.5, 0.6) is 0 Å². The van der Waals surface area contributed by atoms with Gasteiger partial charge >= 0.3 is 0 Å². The Bertz CT molecular complexity index is 910. The van der Waals surface area contributed by atoms with E-state index >= 15 is 0 Å². The van der Waals surface area contributed by atoms with Crippen molar-refractivity contribution in [2.45, 2.75) is 19.0 Å². The maximum Gasteiger partial charge on any atom is 0.292 e. The third-order valence-corrected chi connectivity index (χ3v) is 4.26. The molecule has 0 unspecified atom stereocenters. The zero-order valence-electron chi connectivity index (χ0n) is 14.7. The normalized spacial score (nSPS) is 12.9. The molecule has 0 saturated carbocycles. The van der Waals surface area contributed by atoms with Gasteiger partial charge in [-0.2, -0.15) is 0 Å². The Hall–Kier alpha value is -3.45. The number of nitro groups is 1. The number of hydrogen-bond acceptors (Lipinski definition) is 4. The number of nitrogens with one attached hydrogen (secondary N) is 1. The maximum absolute atomic E-state index is 12.6. The summed E-state index contributed by atoms with van der Waals surface area (Å²) in [6.45, 7) is 1.75. The molecule has 0 aliphatic heterocycles. The molecule has 0 radical (unpaired) electrons. The van der Waals surface area contributed by atoms with Crippen LogP contribution in [0.3, 0.4) is 0 Å². The summed E-state index contributed by atoms with van der Waals surface area (Å²) in [7, 11) is 0. The molecule has 27 heavy (non-hydrogen) atoms. The third kappa shape index (κ3) is 4.39. The monoisotopic (exact) mass is 366 g/mol. The van der Waals surface area contributed by atoms with Crippen LogP contribution in [0, 0.1) is 10.1 Å². The molecule has 0 spiro atoms. The minimum absolute atomic E-state index is 0.135. The lowest BCUT2D eigenvalue weighted by Gasteiger charge is -2.18. The Morgan fingerprint density at radius 1 is 1.07 bits per heavy atom. The fraction of sp³-hybridized carbons (Fsp3) is 0.150. The van der Waals surface area contributed by atoms with Crippen molar-refractivity contribution >= 4 is 17.3 Å². The average molecular weight is 366 g/mol. The van der Waals surface area contributed by atoms with Crippen LogP contribution in [0.1, 0.15) is 24.3 Å². The van der Waals surface area contributed by atoms with Crippen LogP contribution in [0.4, 0.5) is 11.4 Å². The second kappa shape index (κ2) is 8.29. The van der Waals surface area contributed by atoms with Crippen LogP contribution in [-0.2, 0) is 4.79 Å². The highest BCUT2D eigenvalue weighted by atomic mass is 16.6. The molecule has 2 aromatic carbocycles. The number of rotatable bonds is 7. The van der Waals surface area contributed by atoms with E-state index in [1.54, 1.807) is 31.4 Å². The third-order valence-electron chi connectivity index (χ3n) is 4.26. The van der Waals surface area contributed by atoms with Gasteiger partial charge in [0.15, 0.2) is 17.8 Å². The largest absolute Gasteiger partial charge is 0.463 e. The average Bonchev–Trinajstić information content (AvgIpc) is 3.21. The molecule has 0 aliphatic carbocycles. The number of amides is 1. The van der Waals surface area contributed by atoms with Gasteiger partial charge in [0, 0.05) is 11.6 Å². The Kier molecular flexibility index (Phi) is 5.63. The van der Waals surface area contributed by atoms with E-state index in [0.29, 0.717) is 0 Å². The molecule has 0 aliphatic rings. The molecule has 1 amide bonds. The van der Waals surface area contributed by atoms with Gasteiger partial charge in [0.25, 0.3) is 11.6 Å². The van der Waals surface area contributed by atoms with Crippen LogP contribution < -0.4 is 10.6 Å². The highest BCUT2D eigenvalue weighted by Gasteiger charge is 2.27. The molecule has 3 aromatic rings. The van der Waals surface area contributed by atoms with Crippen LogP contribution in [-0.4, -0.2) is 16.9 Å². The lowest BCUT2D eigenvalue weighted by molar-refractivity contribution is -0.706. The molecule has 0 bridgehead atoms. The second-order valence-electron chi connectivity index (χ2n) is 6.15. The quantitative estimate of drug-likeness (QED) is 0.496. The molecule has 3 N–H and O–H groups in total. The molecule has 3 rings (SSSR count). The lowest BCUT2D eigenvalue weighted by Crippen LogP contribution is -2.92. The molecular weight excluding hydrogens is 346 g/mol. The van der Waals surface area contributed by atoms with Crippen LogP contribution in [0.25, 0.3) is 0 Å². The number of hydrogen-bond donors (Lipinski definition) is 2. The van der Waals surface area contributed by atoms with E-state index in [0.717, 1.165) is 11.3 Å². The number of nitro benzene ring substituents is 1. The Morgan fingerprint density at radius 3 is 2.44 bits per heavy atom. The number of benzene rings is 2. The van der Waals surface area contributed by atoms with Gasteiger partial charge in [0.2, 0.25) is 0 Å². The van der Waals surface area contributed by atoms with Crippen molar-refractivity contribution in [2.75, 3.05) is 5.32 Å². The van der Waals surface area contributed by atoms with Crippen molar-refractivity contribution in [3.63, 3.8) is 0 Å². The minimum atomic E-state index is -0.514. The van der Waals surface area contributed by atoms with Crippen LogP contribution in [0.2, 0.25) is 0 Å². The Labute approximate surface area is 156 Å². The first kappa shape index (κ1) is 18.3. The molecule has 1 aromatic heterocycles. The van der Waals surface area contributed by atoms with Gasteiger partial charge in [-0.05, 0) is 25.1 Å². The molecule has 2 atom stereocenters. The maximum atomic E-state index is 12.6. The molecule has 138 valence electrons. The van der Waals surface area contributed by atoms with Gasteiger partial charge in [0.1, 0.15) is 5.69 Å². The predicted octanol–water partition coefficient (Wildman–Crippen LogP) is 2.87. The van der Waals surface area contributed by atoms with Gasteiger partial charge in [0.05, 0.1) is 11.2 Å². The molecule has 1 heterocycles. The molecule has 7 heteroatoms. The van der Waals surface area contributed by atoms with Crippen LogP contribution in [0.15, 0.2) is 77.4 Å². The number of nitrogens with zero attached hydrogens (tertiary/aromatic N) is 1. The highest BCUT2D eigenvalue weighted by Crippen LogP contribution is 2.23. The smallest absolute Gasteiger partial charge is 0.292 e. The van der Waals surface area contributed by atoms with Gasteiger partial charge in [-0.3, -0.25) is 14.9 Å². The van der Waals surface area contributed by atoms with Gasteiger partial charge in [-0.15, -0.1) is 0 Å². The zero-order chi connectivity index (χ0) is 19.2. The SMILES string of the molecule is C[C@H]([NH2+][C@H](c1ccccc1)c1ccco1)C(=O)Nc1ccccc1[N+](=O)[O-]. The fourth-order valence-corrected chi connectivity index (χ4v) is 2.86. The predicted molar refractivity (Wildman–Crippen MR) is 100 cm³/mol. The topological polar surface area (TPSA) is 102 Å². The summed E-state index contributed by atoms with van der Waals surface area (Å²) in [4.78, 5) is 23.2. The van der Waals surface area contributed by atoms with E-state index < -0.39 is 11.0 Å². The first-order valence-corrected chi connectivity index (χ1v) is 8.54. The van der Waals surface area contributed by atoms with E-state index in [9.17, 15) is 14.9 Å². The van der Waals surface area contributed by atoms with Crippen LogP contribution >= 0.6 is 0 Å². The number of furan rings is 1. The number of nitrogens with two attached hydrogens (primary N) is 1. The minimum Gasteiger partial charge on any atom is -0.463 e. The number of anilines is 1. The van der Waals surface area contributed by atoms with Crippen molar-refractivity contribution in [3.8, 4) is 0 Å². The van der Waals surface area contributed by atoms with Crippen molar-refractivity contribution in [1.29, 1.82) is 0 Å². The second-order valence-corrected chi connectivity index (χ2v) is 6.15. The Balaban J connectivity index is 1.77. The van der Waals surface area contributed by atoms with E-state index in [-0.39, 0.29) is 23.3 Å². The van der Waals surface area contributed by atoms with Gasteiger partial charge in [-0.25, -0.2) is 0 Å². The zero-order valence-corrected chi connectivity index (χ0v) is 14.7. The summed E-state index contributed by atoms with van der Waals surface area (Å²) in [5.74, 6) is 0.406. The number of carbonyl (C=O) groups is 1. The molecule has 7 nitrogen and oxygen atoms in total. The molecule has 0 saturated heterocycles. The summed E-state index contributed by atoms with van der Waals surface area (Å²) in [5, 5.41) is 15.6. The van der Waals surface area contributed by atoms with Crippen molar-refractivity contribution in [3.05, 3.63) is 94.4 Å². The first-order valence-electron chi connectivity index (χ1n) is 8.54. The van der Waals surface area contributed by atoms with Crippen molar-refractivity contribution in [1.82, 2.24) is 0 Å². The van der Waals surface area contributed by atoms with Crippen molar-refractivity contribution in [2.24, 2.45) is 0 Å². The number of para-hydroxylation sites is 2. The standard InChI is InChI=1S/C20H19N3O4/c1-14(20(24)22-16-10-5-6-11-17(16)23(25)26)21-19(18-12-7-13-27-18)15-8-3-2-4-9-15/h2-14,19,21H,1H3,(H,22,24)/p+1/t14-,19+/m0/s1. The summed E-state index contributed by atoms with van der Waals surface area (Å²) < 4.78 is 5.55. The molecule has 0 fully saturated rings. The fourth-order valence-electron chi connectivity index (χ4n) is 2.86. The summed E-state index contributed by atoms with van der Waals surface area (Å²) in [6, 6.07) is 18.8. The Morgan fingerprint density at radius 2 is 1.78 bits per heavy atom. The first-order chi connectivity index (χ1) is 13.1. The number of carbonyl (C=O) groups excluding carboxylic acids is 1.